The van der Waals surface area contributed by atoms with Gasteiger partial charge in [-0.1, -0.05) is 0 Å². The molecule has 16 heteroatoms. The van der Waals surface area contributed by atoms with E-state index in [1.54, 1.807) is 7.11 Å². The average Bonchev–Trinajstić information content (AvgIpc) is 2.92. The second kappa shape index (κ2) is 13.2. The Kier molecular flexibility index (Phi) is 9.82. The molecular formula is C28H24B3F4N3O6. The molecule has 0 bridgehead atoms. The lowest BCUT2D eigenvalue weighted by molar-refractivity contribution is -0.274. The van der Waals surface area contributed by atoms with Gasteiger partial charge in [0, 0.05) is 25.1 Å². The van der Waals surface area contributed by atoms with E-state index in [4.69, 9.17) is 43.5 Å². The second-order valence-electron chi connectivity index (χ2n) is 10.0. The number of nitrogens with one attached hydrogen (secondary N) is 1. The fourth-order valence-corrected chi connectivity index (χ4v) is 4.76. The van der Waals surface area contributed by atoms with Crippen molar-refractivity contribution in [3.63, 3.8) is 0 Å². The summed E-state index contributed by atoms with van der Waals surface area (Å²) in [5.74, 6) is -4.78. The normalized spacial score (nSPS) is 17.0. The first-order valence-electron chi connectivity index (χ1n) is 13.2. The van der Waals surface area contributed by atoms with Crippen LogP contribution >= 0.6 is 0 Å². The molecule has 1 fully saturated rings. The van der Waals surface area contributed by atoms with E-state index < -0.39 is 46.4 Å². The quantitative estimate of drug-likeness (QED) is 0.259. The zero-order valence-corrected chi connectivity index (χ0v) is 23.3. The van der Waals surface area contributed by atoms with E-state index in [0.29, 0.717) is 18.4 Å². The molecule has 0 atom stereocenters. The summed E-state index contributed by atoms with van der Waals surface area (Å²) in [5, 5.41) is 0.0879. The van der Waals surface area contributed by atoms with E-state index >= 15 is 4.39 Å². The summed E-state index contributed by atoms with van der Waals surface area (Å²) in [7, 11) is 18.2. The molecule has 2 aromatic carbocycles. The van der Waals surface area contributed by atoms with Gasteiger partial charge in [0.2, 0.25) is 0 Å². The van der Waals surface area contributed by atoms with Crippen LogP contribution in [0.15, 0.2) is 48.7 Å². The van der Waals surface area contributed by atoms with Crippen LogP contribution in [0.25, 0.3) is 0 Å². The topological polar surface area (TPSA) is 122 Å². The third-order valence-corrected chi connectivity index (χ3v) is 6.71. The van der Waals surface area contributed by atoms with Crippen molar-refractivity contribution in [3.05, 3.63) is 71.3 Å². The zero-order valence-electron chi connectivity index (χ0n) is 23.3. The number of hydrogen-bond acceptors (Lipinski definition) is 7. The number of rotatable bonds is 10. The van der Waals surface area contributed by atoms with Gasteiger partial charge in [-0.25, -0.2) is 4.39 Å². The van der Waals surface area contributed by atoms with Crippen LogP contribution in [0.3, 0.4) is 0 Å². The number of carbonyl (C=O) groups is 2. The van der Waals surface area contributed by atoms with Gasteiger partial charge >= 0.3 is 6.36 Å². The van der Waals surface area contributed by atoms with E-state index in [2.05, 4.69) is 15.0 Å². The lowest BCUT2D eigenvalue weighted by Crippen LogP contribution is -2.37. The van der Waals surface area contributed by atoms with Gasteiger partial charge in [-0.15, -0.1) is 13.2 Å². The van der Waals surface area contributed by atoms with Crippen LogP contribution in [0.5, 0.6) is 23.0 Å². The number of carbonyl (C=O) groups excluding carboxylic acids is 2. The number of anilines is 1. The van der Waals surface area contributed by atoms with Crippen LogP contribution in [0, 0.1) is 5.82 Å². The number of nitrogens with two attached hydrogens (primary N) is 1. The Morgan fingerprint density at radius 1 is 0.955 bits per heavy atom. The fraction of sp³-hybridized carbons (Fsp3) is 0.321. The van der Waals surface area contributed by atoms with Crippen molar-refractivity contribution in [1.82, 2.24) is 4.98 Å². The number of amides is 2. The third kappa shape index (κ3) is 8.68. The van der Waals surface area contributed by atoms with Crippen molar-refractivity contribution >= 4 is 41.0 Å². The predicted molar refractivity (Wildman–Crippen MR) is 153 cm³/mol. The highest BCUT2D eigenvalue weighted by Crippen LogP contribution is 2.42. The Morgan fingerprint density at radius 3 is 2.27 bits per heavy atom. The largest absolute Gasteiger partial charge is 0.573 e. The molecule has 1 aliphatic carbocycles. The van der Waals surface area contributed by atoms with Crippen molar-refractivity contribution in [1.29, 1.82) is 0 Å². The van der Waals surface area contributed by atoms with Gasteiger partial charge in [0.05, 0.1) is 6.10 Å². The first kappa shape index (κ1) is 32.7. The predicted octanol–water partition coefficient (Wildman–Crippen LogP) is 4.43. The van der Waals surface area contributed by atoms with Crippen LogP contribution in [-0.4, -0.2) is 65.2 Å². The molecule has 3 aromatic rings. The SMILES string of the molecule is [B]C([B])([B])Oc1cc(OC(F)(F)F)ccc1Oc1cc(C2CCC(OC)CC2)cc(F)c1C(=O)Nc1ccnc(C(N)=O)c1. The van der Waals surface area contributed by atoms with E-state index in [0.717, 1.165) is 31.0 Å². The van der Waals surface area contributed by atoms with Gasteiger partial charge in [0.1, 0.15) is 52.1 Å². The monoisotopic (exact) mass is 607 g/mol. The number of ether oxygens (including phenoxy) is 4. The van der Waals surface area contributed by atoms with E-state index in [9.17, 15) is 22.8 Å². The van der Waals surface area contributed by atoms with Crippen LogP contribution in [0.4, 0.5) is 23.2 Å². The molecule has 4 rings (SSSR count). The van der Waals surface area contributed by atoms with Crippen LogP contribution in [0.1, 0.15) is 58.0 Å². The molecule has 0 aliphatic heterocycles. The van der Waals surface area contributed by atoms with Crippen LogP contribution < -0.4 is 25.3 Å². The number of primary amides is 1. The lowest BCUT2D eigenvalue weighted by atomic mass is 9.52. The number of pyridine rings is 1. The lowest BCUT2D eigenvalue weighted by Gasteiger charge is -2.28. The molecule has 44 heavy (non-hydrogen) atoms. The summed E-state index contributed by atoms with van der Waals surface area (Å²) >= 11 is 0. The molecule has 2 amide bonds. The van der Waals surface area contributed by atoms with E-state index in [-0.39, 0.29) is 34.9 Å². The van der Waals surface area contributed by atoms with Gasteiger partial charge < -0.3 is 30.0 Å². The number of aromatic nitrogens is 1. The highest BCUT2D eigenvalue weighted by molar-refractivity contribution is 6.58. The summed E-state index contributed by atoms with van der Waals surface area (Å²) in [6.07, 6.45) is -1.02. The minimum atomic E-state index is -5.04. The highest BCUT2D eigenvalue weighted by Gasteiger charge is 2.32. The minimum absolute atomic E-state index is 0.0590. The van der Waals surface area contributed by atoms with Gasteiger partial charge in [-0.05, 0) is 78.9 Å². The van der Waals surface area contributed by atoms with Crippen molar-refractivity contribution < 1.29 is 46.1 Å². The van der Waals surface area contributed by atoms with E-state index in [1.165, 1.54) is 30.5 Å². The Morgan fingerprint density at radius 2 is 1.66 bits per heavy atom. The summed E-state index contributed by atoms with van der Waals surface area (Å²) in [6, 6.07) is 7.87. The van der Waals surface area contributed by atoms with Gasteiger partial charge in [0.15, 0.2) is 11.5 Å². The average molecular weight is 607 g/mol. The Hall–Kier alpha value is -4.20. The first-order valence-corrected chi connectivity index (χ1v) is 13.2. The number of hydrogen-bond donors (Lipinski definition) is 2. The number of methoxy groups -OCH3 is 1. The highest BCUT2D eigenvalue weighted by atomic mass is 19.4. The molecule has 0 saturated heterocycles. The summed E-state index contributed by atoms with van der Waals surface area (Å²) in [5.41, 5.74) is 5.11. The Balaban J connectivity index is 1.77. The summed E-state index contributed by atoms with van der Waals surface area (Å²) < 4.78 is 74.8. The van der Waals surface area contributed by atoms with Gasteiger partial charge in [0.25, 0.3) is 11.8 Å². The fourth-order valence-electron chi connectivity index (χ4n) is 4.76. The summed E-state index contributed by atoms with van der Waals surface area (Å²) in [6.45, 7) is 0. The van der Waals surface area contributed by atoms with Crippen LogP contribution in [0.2, 0.25) is 0 Å². The molecule has 0 unspecified atom stereocenters. The van der Waals surface area contributed by atoms with Crippen molar-refractivity contribution in [2.75, 3.05) is 12.4 Å². The first-order chi connectivity index (χ1) is 20.6. The maximum absolute atomic E-state index is 15.8. The molecule has 224 valence electrons. The number of benzene rings is 2. The molecule has 1 saturated carbocycles. The summed E-state index contributed by atoms with van der Waals surface area (Å²) in [4.78, 5) is 28.7. The number of halogens is 4. The van der Waals surface area contributed by atoms with Gasteiger partial charge in [-0.3, -0.25) is 14.6 Å². The molecule has 1 aromatic heterocycles. The third-order valence-electron chi connectivity index (χ3n) is 6.71. The van der Waals surface area contributed by atoms with Crippen molar-refractivity contribution in [3.8, 4) is 23.0 Å². The molecule has 9 nitrogen and oxygen atoms in total. The molecule has 1 aliphatic rings. The van der Waals surface area contributed by atoms with Crippen LogP contribution in [-0.2, 0) is 4.74 Å². The molecule has 1 heterocycles. The zero-order chi connectivity index (χ0) is 32.2. The number of alkyl halides is 3. The maximum atomic E-state index is 15.8. The van der Waals surface area contributed by atoms with Crippen molar-refractivity contribution in [2.24, 2.45) is 5.73 Å². The number of nitrogens with zero attached hydrogens (tertiary/aromatic N) is 1. The standard InChI is InChI=1S/C28H24B3F4N3O6/c1-41-17-4-2-14(3-5-17)15-10-19(32)24(26(40)38-16-8-9-37-20(12-16)25(36)39)23(11-15)42-21-7-6-18(43-28(33,34)35)13-22(21)44-27(29,30)31/h6-14,17H,2-5H2,1H3,(H2,36,39)(H,37,38,40). The molecule has 3 N–H and O–H groups in total. The van der Waals surface area contributed by atoms with Crippen molar-refractivity contribution in [2.45, 2.75) is 49.4 Å². The minimum Gasteiger partial charge on any atom is -0.512 e. The molecular weight excluding hydrogens is 583 g/mol. The second-order valence-corrected chi connectivity index (χ2v) is 10.0. The Labute approximate surface area is 254 Å². The van der Waals surface area contributed by atoms with Gasteiger partial charge in [-0.2, -0.15) is 0 Å². The Bertz CT molecular complexity index is 1530. The maximum Gasteiger partial charge on any atom is 0.573 e. The molecule has 0 spiro atoms. The molecule has 6 radical (unpaired) electrons. The van der Waals surface area contributed by atoms with E-state index in [1.807, 2.05) is 0 Å². The smallest absolute Gasteiger partial charge is 0.512 e.